The normalized spacial score (nSPS) is 14.9. The van der Waals surface area contributed by atoms with Gasteiger partial charge in [0.1, 0.15) is 13.0 Å². The summed E-state index contributed by atoms with van der Waals surface area (Å²) in [5.74, 6) is 0. The van der Waals surface area contributed by atoms with E-state index in [1.54, 1.807) is 6.34 Å². The summed E-state index contributed by atoms with van der Waals surface area (Å²) in [6.45, 7) is 0.670. The molecule has 1 rings (SSSR count). The number of nitrogens with zero attached hydrogens (tertiary/aromatic N) is 2. The molecule has 0 spiro atoms. The quantitative estimate of drug-likeness (QED) is 0.441. The number of hydrogen-bond donors (Lipinski definition) is 2. The Bertz CT molecular complexity index is 72.9. The second-order valence-electron chi connectivity index (χ2n) is 0.938. The molecule has 0 aromatic rings. The highest BCUT2D eigenvalue weighted by Gasteiger charge is 1.74. The topological polar surface area (TPSA) is 71.8 Å². The van der Waals surface area contributed by atoms with Crippen LogP contribution in [0, 0.1) is 0 Å². The largest absolute Gasteiger partial charge is 0.357 e. The van der Waals surface area contributed by atoms with E-state index in [4.69, 9.17) is 0 Å². The van der Waals surface area contributed by atoms with E-state index in [0.29, 0.717) is 6.67 Å². The zero-order valence-electron chi connectivity index (χ0n) is 3.96. The molecular weight excluding hydrogens is 92.1 g/mol. The maximum Gasteiger partial charge on any atom is 0.113 e. The Hall–Kier alpha value is -0.900. The van der Waals surface area contributed by atoms with Crippen LogP contribution in [0.25, 0.3) is 0 Å². The summed E-state index contributed by atoms with van der Waals surface area (Å²) in [6.07, 6.45) is 3.14. The van der Waals surface area contributed by atoms with Crippen molar-refractivity contribution in [1.29, 1.82) is 0 Å². The van der Waals surface area contributed by atoms with Crippen LogP contribution in [0.4, 0.5) is 0 Å². The van der Waals surface area contributed by atoms with Crippen LogP contribution in [0.2, 0.25) is 0 Å². The molecule has 0 atom stereocenters. The molecule has 0 bridgehead atoms. The van der Waals surface area contributed by atoms with E-state index in [-0.39, 0.29) is 6.15 Å². The molecular formula is C3H8N4. The highest BCUT2D eigenvalue weighted by molar-refractivity contribution is 5.72. The van der Waals surface area contributed by atoms with Crippen LogP contribution >= 0.6 is 0 Å². The Morgan fingerprint density at radius 2 is 2.43 bits per heavy atom. The van der Waals surface area contributed by atoms with E-state index in [2.05, 4.69) is 15.3 Å². The molecule has 0 fully saturated rings. The average molecular weight is 100 g/mol. The monoisotopic (exact) mass is 100 g/mol. The van der Waals surface area contributed by atoms with Crippen molar-refractivity contribution in [3.05, 3.63) is 0 Å². The SMILES string of the molecule is C1=NC=NCN1.N. The van der Waals surface area contributed by atoms with Gasteiger partial charge < -0.3 is 11.5 Å². The fourth-order valence-electron chi connectivity index (χ4n) is 0.268. The number of aliphatic imine (C=N–C) groups is 2. The van der Waals surface area contributed by atoms with Crippen molar-refractivity contribution >= 4 is 12.7 Å². The fourth-order valence-corrected chi connectivity index (χ4v) is 0.268. The molecule has 0 unspecified atom stereocenters. The third kappa shape index (κ3) is 1.88. The standard InChI is InChI=1S/C3H5N3.H3N/c1-4-2-6-3-5-1;/h1-2H,3H2,(H,4,5,6);1H3. The van der Waals surface area contributed by atoms with Gasteiger partial charge in [-0.05, 0) is 0 Å². The van der Waals surface area contributed by atoms with Gasteiger partial charge in [-0.2, -0.15) is 0 Å². The molecule has 0 saturated heterocycles. The third-order valence-electron chi connectivity index (χ3n) is 0.497. The lowest BCUT2D eigenvalue weighted by atomic mass is 10.9. The van der Waals surface area contributed by atoms with Gasteiger partial charge >= 0.3 is 0 Å². The highest BCUT2D eigenvalue weighted by Crippen LogP contribution is 1.66. The van der Waals surface area contributed by atoms with Crippen LogP contribution in [-0.4, -0.2) is 19.3 Å². The first-order chi connectivity index (χ1) is 3.00. The van der Waals surface area contributed by atoms with E-state index >= 15 is 0 Å². The van der Waals surface area contributed by atoms with Crippen molar-refractivity contribution in [3.63, 3.8) is 0 Å². The van der Waals surface area contributed by atoms with Gasteiger partial charge in [0.05, 0.1) is 6.34 Å². The van der Waals surface area contributed by atoms with Crippen molar-refractivity contribution in [2.45, 2.75) is 0 Å². The molecule has 0 aromatic heterocycles. The first-order valence-corrected chi connectivity index (χ1v) is 1.73. The molecule has 0 radical (unpaired) electrons. The minimum absolute atomic E-state index is 0. The smallest absolute Gasteiger partial charge is 0.113 e. The van der Waals surface area contributed by atoms with E-state index in [1.807, 2.05) is 0 Å². The molecule has 4 nitrogen and oxygen atoms in total. The second-order valence-corrected chi connectivity index (χ2v) is 0.938. The number of nitrogens with one attached hydrogen (secondary N) is 1. The zero-order chi connectivity index (χ0) is 4.24. The summed E-state index contributed by atoms with van der Waals surface area (Å²) in [6, 6.07) is 0. The lowest BCUT2D eigenvalue weighted by Gasteiger charge is -1.93. The van der Waals surface area contributed by atoms with Crippen molar-refractivity contribution in [3.8, 4) is 0 Å². The molecule has 0 saturated carbocycles. The van der Waals surface area contributed by atoms with Gasteiger partial charge in [-0.15, -0.1) is 0 Å². The maximum absolute atomic E-state index is 3.74. The van der Waals surface area contributed by atoms with Gasteiger partial charge in [0.25, 0.3) is 0 Å². The molecule has 1 aliphatic rings. The van der Waals surface area contributed by atoms with Crippen LogP contribution in [0.5, 0.6) is 0 Å². The van der Waals surface area contributed by atoms with Gasteiger partial charge in [-0.3, -0.25) is 4.99 Å². The van der Waals surface area contributed by atoms with E-state index in [9.17, 15) is 0 Å². The summed E-state index contributed by atoms with van der Waals surface area (Å²) in [4.78, 5) is 7.39. The van der Waals surface area contributed by atoms with Gasteiger partial charge in [-0.25, -0.2) is 4.99 Å². The third-order valence-corrected chi connectivity index (χ3v) is 0.497. The van der Waals surface area contributed by atoms with E-state index in [0.717, 1.165) is 0 Å². The van der Waals surface area contributed by atoms with Crippen LogP contribution in [0.3, 0.4) is 0 Å². The van der Waals surface area contributed by atoms with Gasteiger partial charge in [0, 0.05) is 0 Å². The summed E-state index contributed by atoms with van der Waals surface area (Å²) in [5.41, 5.74) is 0. The summed E-state index contributed by atoms with van der Waals surface area (Å²) in [5, 5.41) is 2.80. The van der Waals surface area contributed by atoms with Crippen LogP contribution < -0.4 is 11.5 Å². The minimum atomic E-state index is 0. The maximum atomic E-state index is 3.74. The molecule has 1 heterocycles. The molecule has 1 aliphatic heterocycles. The average Bonchev–Trinajstić information content (AvgIpc) is 1.72. The van der Waals surface area contributed by atoms with Crippen LogP contribution in [0.1, 0.15) is 0 Å². The zero-order valence-corrected chi connectivity index (χ0v) is 3.96. The predicted molar refractivity (Wildman–Crippen MR) is 30.0 cm³/mol. The Kier molecular flexibility index (Phi) is 2.87. The lowest BCUT2D eigenvalue weighted by molar-refractivity contribution is 0.934. The first kappa shape index (κ1) is 6.10. The summed E-state index contributed by atoms with van der Waals surface area (Å²) in [7, 11) is 0. The molecule has 4 heteroatoms. The van der Waals surface area contributed by atoms with Crippen molar-refractivity contribution in [2.24, 2.45) is 9.98 Å². The fraction of sp³-hybridized carbons (Fsp3) is 0.333. The second kappa shape index (κ2) is 3.30. The number of rotatable bonds is 0. The van der Waals surface area contributed by atoms with Gasteiger partial charge in [-0.1, -0.05) is 0 Å². The molecule has 0 aliphatic carbocycles. The Labute approximate surface area is 41.9 Å². The van der Waals surface area contributed by atoms with Crippen molar-refractivity contribution in [1.82, 2.24) is 11.5 Å². The molecule has 40 valence electrons. The first-order valence-electron chi connectivity index (χ1n) is 1.73. The lowest BCUT2D eigenvalue weighted by Crippen LogP contribution is -2.13. The minimum Gasteiger partial charge on any atom is -0.357 e. The van der Waals surface area contributed by atoms with E-state index in [1.165, 1.54) is 6.34 Å². The Morgan fingerprint density at radius 3 is 2.57 bits per heavy atom. The molecule has 7 heavy (non-hydrogen) atoms. The van der Waals surface area contributed by atoms with Crippen molar-refractivity contribution < 1.29 is 0 Å². The number of hydrogen-bond acceptors (Lipinski definition) is 4. The van der Waals surface area contributed by atoms with Crippen LogP contribution in [-0.2, 0) is 0 Å². The molecule has 0 amide bonds. The van der Waals surface area contributed by atoms with Crippen molar-refractivity contribution in [2.75, 3.05) is 6.67 Å². The van der Waals surface area contributed by atoms with Gasteiger partial charge in [0.15, 0.2) is 0 Å². The van der Waals surface area contributed by atoms with Gasteiger partial charge in [0.2, 0.25) is 0 Å². The van der Waals surface area contributed by atoms with Crippen LogP contribution in [0.15, 0.2) is 9.98 Å². The predicted octanol–water partition coefficient (Wildman–Crippen LogP) is -0.234. The van der Waals surface area contributed by atoms with E-state index < -0.39 is 0 Å². The highest BCUT2D eigenvalue weighted by atomic mass is 15.1. The molecule has 4 N–H and O–H groups in total. The summed E-state index contributed by atoms with van der Waals surface area (Å²) >= 11 is 0. The Morgan fingerprint density at radius 1 is 1.57 bits per heavy atom. The molecule has 0 aromatic carbocycles. The Balaban J connectivity index is 0.000000360. The summed E-state index contributed by atoms with van der Waals surface area (Å²) < 4.78 is 0.